The van der Waals surface area contributed by atoms with Gasteiger partial charge in [-0.25, -0.2) is 8.42 Å². The molecule has 1 aromatic carbocycles. The second-order valence-corrected chi connectivity index (χ2v) is 13.5. The van der Waals surface area contributed by atoms with E-state index in [9.17, 15) is 21.6 Å². The Bertz CT molecular complexity index is 1070. The maximum absolute atomic E-state index is 13.0. The van der Waals surface area contributed by atoms with Crippen LogP contribution >= 0.6 is 0 Å². The zero-order chi connectivity index (χ0) is 23.6. The number of carbonyl (C=O) groups excluding carboxylic acids is 1. The van der Waals surface area contributed by atoms with E-state index >= 15 is 0 Å². The maximum atomic E-state index is 13.0. The minimum absolute atomic E-state index is 0.0489. The van der Waals surface area contributed by atoms with Gasteiger partial charge in [0.15, 0.2) is 9.84 Å². The summed E-state index contributed by atoms with van der Waals surface area (Å²) in [6, 6.07) is 5.35. The number of carbonyl (C=O) groups is 1. The van der Waals surface area contributed by atoms with Gasteiger partial charge in [0, 0.05) is 45.7 Å². The molecule has 3 aliphatic rings. The SMILES string of the molecule is CN(C1CCCCC1)S(=O)(=O)N1CCN(C(=O)CCS(=O)(=O)c2ccc3c(c2)CCC3)CC1. The first-order valence-corrected chi connectivity index (χ1v) is 15.1. The minimum Gasteiger partial charge on any atom is -0.340 e. The summed E-state index contributed by atoms with van der Waals surface area (Å²) in [6.45, 7) is 1.05. The molecule has 2 aliphatic carbocycles. The molecule has 4 rings (SSSR count). The Morgan fingerprint density at radius 2 is 1.61 bits per heavy atom. The molecule has 1 heterocycles. The lowest BCUT2D eigenvalue weighted by molar-refractivity contribution is -0.131. The van der Waals surface area contributed by atoms with Crippen LogP contribution in [-0.2, 0) is 37.7 Å². The molecule has 33 heavy (non-hydrogen) atoms. The number of sulfone groups is 1. The number of piperazine rings is 1. The van der Waals surface area contributed by atoms with E-state index in [1.165, 1.54) is 14.2 Å². The van der Waals surface area contributed by atoms with Gasteiger partial charge in [-0.3, -0.25) is 4.79 Å². The van der Waals surface area contributed by atoms with Gasteiger partial charge in [-0.1, -0.05) is 25.3 Å². The highest BCUT2D eigenvalue weighted by Gasteiger charge is 2.35. The predicted octanol–water partition coefficient (Wildman–Crippen LogP) is 1.99. The van der Waals surface area contributed by atoms with Gasteiger partial charge in [-0.05, 0) is 55.4 Å². The molecule has 1 saturated carbocycles. The van der Waals surface area contributed by atoms with Crippen LogP contribution < -0.4 is 0 Å². The lowest BCUT2D eigenvalue weighted by atomic mass is 9.96. The van der Waals surface area contributed by atoms with Gasteiger partial charge in [0.25, 0.3) is 10.2 Å². The zero-order valence-corrected chi connectivity index (χ0v) is 21.0. The Balaban J connectivity index is 1.29. The lowest BCUT2D eigenvalue weighted by Gasteiger charge is -2.38. The van der Waals surface area contributed by atoms with E-state index < -0.39 is 20.0 Å². The average Bonchev–Trinajstić information content (AvgIpc) is 3.31. The molecule has 10 heteroatoms. The summed E-state index contributed by atoms with van der Waals surface area (Å²) in [4.78, 5) is 14.6. The second kappa shape index (κ2) is 10.0. The van der Waals surface area contributed by atoms with Gasteiger partial charge < -0.3 is 4.90 Å². The summed E-state index contributed by atoms with van der Waals surface area (Å²) in [5.41, 5.74) is 2.31. The van der Waals surface area contributed by atoms with Crippen molar-refractivity contribution in [2.24, 2.45) is 0 Å². The lowest BCUT2D eigenvalue weighted by Crippen LogP contribution is -2.55. The molecule has 0 spiro atoms. The van der Waals surface area contributed by atoms with Gasteiger partial charge in [0.05, 0.1) is 10.6 Å². The Hall–Kier alpha value is -1.49. The summed E-state index contributed by atoms with van der Waals surface area (Å²) in [7, 11) is -5.43. The topological polar surface area (TPSA) is 95.1 Å². The van der Waals surface area contributed by atoms with Crippen LogP contribution in [0.5, 0.6) is 0 Å². The highest BCUT2D eigenvalue weighted by atomic mass is 32.2. The largest absolute Gasteiger partial charge is 0.340 e. The van der Waals surface area contributed by atoms with Crippen LogP contribution in [0.1, 0.15) is 56.1 Å². The molecule has 0 aromatic heterocycles. The van der Waals surface area contributed by atoms with Crippen LogP contribution in [0.4, 0.5) is 0 Å². The molecule has 0 N–H and O–H groups in total. The van der Waals surface area contributed by atoms with Crippen molar-refractivity contribution < 1.29 is 21.6 Å². The normalized spacial score (nSPS) is 20.8. The number of hydrogen-bond acceptors (Lipinski definition) is 5. The fraction of sp³-hybridized carbons (Fsp3) is 0.696. The van der Waals surface area contributed by atoms with E-state index in [1.807, 2.05) is 6.07 Å². The van der Waals surface area contributed by atoms with Crippen molar-refractivity contribution in [2.75, 3.05) is 39.0 Å². The second-order valence-electron chi connectivity index (χ2n) is 9.45. The molecule has 0 atom stereocenters. The van der Waals surface area contributed by atoms with Gasteiger partial charge in [0.2, 0.25) is 5.91 Å². The van der Waals surface area contributed by atoms with Gasteiger partial charge in [-0.2, -0.15) is 17.0 Å². The van der Waals surface area contributed by atoms with Crippen molar-refractivity contribution in [1.29, 1.82) is 0 Å². The van der Waals surface area contributed by atoms with E-state index in [0.29, 0.717) is 0 Å². The summed E-state index contributed by atoms with van der Waals surface area (Å²) in [5.74, 6) is -0.467. The quantitative estimate of drug-likeness (QED) is 0.574. The van der Waals surface area contributed by atoms with Crippen LogP contribution in [0.3, 0.4) is 0 Å². The third-order valence-electron chi connectivity index (χ3n) is 7.38. The molecule has 184 valence electrons. The van der Waals surface area contributed by atoms with Gasteiger partial charge in [0.1, 0.15) is 0 Å². The monoisotopic (exact) mass is 497 g/mol. The Morgan fingerprint density at radius 1 is 0.939 bits per heavy atom. The molecule has 1 saturated heterocycles. The summed E-state index contributed by atoms with van der Waals surface area (Å²) < 4.78 is 54.5. The Kier molecular flexibility index (Phi) is 7.47. The van der Waals surface area contributed by atoms with E-state index in [1.54, 1.807) is 24.1 Å². The first-order valence-electron chi connectivity index (χ1n) is 12.0. The van der Waals surface area contributed by atoms with Crippen molar-refractivity contribution in [1.82, 2.24) is 13.5 Å². The summed E-state index contributed by atoms with van der Waals surface area (Å²) >= 11 is 0. The molecule has 0 radical (unpaired) electrons. The van der Waals surface area contributed by atoms with Crippen LogP contribution in [0.25, 0.3) is 0 Å². The molecule has 1 aliphatic heterocycles. The first kappa shape index (κ1) is 24.6. The number of aryl methyl sites for hydroxylation is 2. The molecule has 0 unspecified atom stereocenters. The van der Waals surface area contributed by atoms with Crippen molar-refractivity contribution in [2.45, 2.75) is 68.7 Å². The number of amides is 1. The van der Waals surface area contributed by atoms with Crippen LogP contribution in [0, 0.1) is 0 Å². The molecular formula is C23H35N3O5S2. The summed E-state index contributed by atoms with van der Waals surface area (Å²) in [5, 5.41) is 0. The van der Waals surface area contributed by atoms with E-state index in [2.05, 4.69) is 0 Å². The average molecular weight is 498 g/mol. The number of hydrogen-bond donors (Lipinski definition) is 0. The standard InChI is InChI=1S/C23H35N3O5S2/c1-24(21-8-3-2-4-9-21)33(30,31)26-15-13-25(14-16-26)23(27)12-17-32(28,29)22-11-10-19-6-5-7-20(19)18-22/h10-11,18,21H,2-9,12-17H2,1H3. The van der Waals surface area contributed by atoms with Crippen molar-refractivity contribution in [3.05, 3.63) is 29.3 Å². The third-order valence-corrected chi connectivity index (χ3v) is 11.1. The van der Waals surface area contributed by atoms with Crippen molar-refractivity contribution in [3.63, 3.8) is 0 Å². The van der Waals surface area contributed by atoms with Crippen LogP contribution in [-0.4, -0.2) is 81.3 Å². The molecule has 8 nitrogen and oxygen atoms in total. The summed E-state index contributed by atoms with van der Waals surface area (Å²) in [6.07, 6.45) is 7.92. The zero-order valence-electron chi connectivity index (χ0n) is 19.4. The van der Waals surface area contributed by atoms with E-state index in [4.69, 9.17) is 0 Å². The molecule has 1 amide bonds. The highest BCUT2D eigenvalue weighted by Crippen LogP contribution is 2.27. The minimum atomic E-state index is -3.55. The van der Waals surface area contributed by atoms with Crippen LogP contribution in [0.2, 0.25) is 0 Å². The van der Waals surface area contributed by atoms with Crippen molar-refractivity contribution >= 4 is 26.0 Å². The number of benzene rings is 1. The van der Waals surface area contributed by atoms with E-state index in [0.717, 1.165) is 56.9 Å². The van der Waals surface area contributed by atoms with E-state index in [-0.39, 0.29) is 55.2 Å². The molecule has 0 bridgehead atoms. The number of fused-ring (bicyclic) bond motifs is 1. The van der Waals surface area contributed by atoms with Gasteiger partial charge in [-0.15, -0.1) is 0 Å². The fourth-order valence-electron chi connectivity index (χ4n) is 5.22. The molecule has 2 fully saturated rings. The smallest absolute Gasteiger partial charge is 0.282 e. The highest BCUT2D eigenvalue weighted by molar-refractivity contribution is 7.91. The maximum Gasteiger partial charge on any atom is 0.282 e. The molecule has 1 aromatic rings. The Labute approximate surface area is 198 Å². The van der Waals surface area contributed by atoms with Crippen molar-refractivity contribution in [3.8, 4) is 0 Å². The van der Waals surface area contributed by atoms with Gasteiger partial charge >= 0.3 is 0 Å². The predicted molar refractivity (Wildman–Crippen MR) is 127 cm³/mol. The number of nitrogens with zero attached hydrogens (tertiary/aromatic N) is 3. The number of rotatable bonds is 7. The molecular weight excluding hydrogens is 462 g/mol. The fourth-order valence-corrected chi connectivity index (χ4v) is 8.08. The third kappa shape index (κ3) is 5.44. The Morgan fingerprint density at radius 3 is 2.30 bits per heavy atom. The van der Waals surface area contributed by atoms with Crippen LogP contribution in [0.15, 0.2) is 23.1 Å². The first-order chi connectivity index (χ1) is 15.7.